The van der Waals surface area contributed by atoms with E-state index in [4.69, 9.17) is 17.3 Å². The molecule has 0 aliphatic carbocycles. The Balaban J connectivity index is 1.49. The second-order valence-electron chi connectivity index (χ2n) is 7.42. The van der Waals surface area contributed by atoms with Gasteiger partial charge in [-0.15, -0.1) is 0 Å². The summed E-state index contributed by atoms with van der Waals surface area (Å²) in [5, 5.41) is 4.84. The fourth-order valence-electron chi connectivity index (χ4n) is 3.84. The average Bonchev–Trinajstić information content (AvgIpc) is 3.04. The molecule has 0 spiro atoms. The molecule has 1 fully saturated rings. The van der Waals surface area contributed by atoms with E-state index < -0.39 is 0 Å². The third kappa shape index (κ3) is 4.11. The second-order valence-corrected chi connectivity index (χ2v) is 7.78. The molecule has 1 aliphatic heterocycles. The van der Waals surface area contributed by atoms with Gasteiger partial charge in [0, 0.05) is 38.3 Å². The Morgan fingerprint density at radius 2 is 1.79 bits per heavy atom. The van der Waals surface area contributed by atoms with Crippen molar-refractivity contribution in [2.75, 3.05) is 31.1 Å². The van der Waals surface area contributed by atoms with Crippen molar-refractivity contribution < 1.29 is 4.39 Å². The molecule has 3 aromatic rings. The highest BCUT2D eigenvalue weighted by atomic mass is 32.1. The molecule has 29 heavy (non-hydrogen) atoms. The summed E-state index contributed by atoms with van der Waals surface area (Å²) in [6.07, 6.45) is 0. The number of hydrogen-bond donors (Lipinski definition) is 0. The minimum atomic E-state index is -0.160. The zero-order valence-corrected chi connectivity index (χ0v) is 17.7. The number of anilines is 1. The van der Waals surface area contributed by atoms with Crippen LogP contribution in [0.4, 0.5) is 10.1 Å². The number of hydrogen-bond acceptors (Lipinski definition) is 4. The Morgan fingerprint density at radius 3 is 2.48 bits per heavy atom. The van der Waals surface area contributed by atoms with Crippen molar-refractivity contribution in [1.29, 1.82) is 0 Å². The Labute approximate surface area is 176 Å². The summed E-state index contributed by atoms with van der Waals surface area (Å²) in [6.45, 7) is 8.86. The lowest BCUT2D eigenvalue weighted by Crippen LogP contribution is -2.47. The normalized spacial score (nSPS) is 15.1. The molecule has 1 aliphatic rings. The Hall–Kier alpha value is -2.51. The summed E-state index contributed by atoms with van der Waals surface area (Å²) >= 11 is 5.71. The highest BCUT2D eigenvalue weighted by Crippen LogP contribution is 2.22. The van der Waals surface area contributed by atoms with Crippen LogP contribution < -0.4 is 4.90 Å². The number of piperazine rings is 1. The van der Waals surface area contributed by atoms with Crippen molar-refractivity contribution in [2.24, 2.45) is 0 Å². The summed E-state index contributed by atoms with van der Waals surface area (Å²) in [4.78, 5) is 4.42. The quantitative estimate of drug-likeness (QED) is 0.585. The molecule has 0 amide bonds. The Morgan fingerprint density at radius 1 is 1.03 bits per heavy atom. The lowest BCUT2D eigenvalue weighted by molar-refractivity contribution is 0.194. The van der Waals surface area contributed by atoms with Gasteiger partial charge in [0.25, 0.3) is 0 Å². The molecular weight excluding hydrogens is 385 g/mol. The summed E-state index contributed by atoms with van der Waals surface area (Å²) in [5.41, 5.74) is 2.97. The molecule has 5 nitrogen and oxygen atoms in total. The molecule has 4 rings (SSSR count). The lowest BCUT2D eigenvalue weighted by atomic mass is 10.1. The molecule has 1 aromatic heterocycles. The number of nitrogens with zero attached hydrogens (tertiary/aromatic N) is 5. The first-order valence-corrected chi connectivity index (χ1v) is 10.4. The highest BCUT2D eigenvalue weighted by Gasteiger charge is 2.21. The van der Waals surface area contributed by atoms with Gasteiger partial charge >= 0.3 is 0 Å². The summed E-state index contributed by atoms with van der Waals surface area (Å²) < 4.78 is 18.8. The van der Waals surface area contributed by atoms with E-state index >= 15 is 0 Å². The summed E-state index contributed by atoms with van der Waals surface area (Å²) in [6, 6.07) is 15.3. The van der Waals surface area contributed by atoms with E-state index in [1.807, 2.05) is 16.8 Å². The van der Waals surface area contributed by atoms with E-state index in [-0.39, 0.29) is 5.82 Å². The Bertz CT molecular complexity index is 1050. The zero-order chi connectivity index (χ0) is 20.4. The van der Waals surface area contributed by atoms with Gasteiger partial charge in [-0.2, -0.15) is 5.10 Å². The van der Waals surface area contributed by atoms with Crippen molar-refractivity contribution in [1.82, 2.24) is 19.2 Å². The fourth-order valence-corrected chi connectivity index (χ4v) is 4.16. The van der Waals surface area contributed by atoms with Crippen LogP contribution in [0.1, 0.15) is 12.5 Å². The van der Waals surface area contributed by atoms with Crippen LogP contribution in [-0.2, 0) is 13.2 Å². The largest absolute Gasteiger partial charge is 0.367 e. The molecular formula is C22H26FN5S. The predicted molar refractivity (Wildman–Crippen MR) is 117 cm³/mol. The third-order valence-corrected chi connectivity index (χ3v) is 5.85. The number of benzene rings is 2. The third-order valence-electron chi connectivity index (χ3n) is 5.41. The molecule has 0 saturated carbocycles. The maximum absolute atomic E-state index is 14.1. The van der Waals surface area contributed by atoms with Crippen molar-refractivity contribution >= 4 is 17.9 Å². The van der Waals surface area contributed by atoms with Crippen LogP contribution in [0.25, 0.3) is 11.4 Å². The number of aryl methyl sites for hydroxylation is 1. The lowest BCUT2D eigenvalue weighted by Gasteiger charge is -2.35. The standard InChI is InChI=1S/C22H26FN5S/c1-3-27-21(18-8-6-7-17(2)15-18)24-28(22(27)29)16-25-11-13-26(14-12-25)20-10-5-4-9-19(20)23/h4-10,15H,3,11-14,16H2,1-2H3. The molecule has 7 heteroatoms. The molecule has 0 bridgehead atoms. The van der Waals surface area contributed by atoms with Gasteiger partial charge in [-0.1, -0.05) is 35.9 Å². The molecule has 0 atom stereocenters. The van der Waals surface area contributed by atoms with Crippen molar-refractivity contribution in [3.63, 3.8) is 0 Å². The fraction of sp³-hybridized carbons (Fsp3) is 0.364. The monoisotopic (exact) mass is 411 g/mol. The van der Waals surface area contributed by atoms with Crippen molar-refractivity contribution in [2.45, 2.75) is 27.1 Å². The van der Waals surface area contributed by atoms with E-state index in [0.717, 1.165) is 48.9 Å². The molecule has 152 valence electrons. The van der Waals surface area contributed by atoms with Crippen LogP contribution in [0.5, 0.6) is 0 Å². The van der Waals surface area contributed by atoms with Crippen LogP contribution in [-0.4, -0.2) is 45.4 Å². The number of aromatic nitrogens is 3. The molecule has 1 saturated heterocycles. The predicted octanol–water partition coefficient (Wildman–Crippen LogP) is 4.33. The molecule has 0 unspecified atom stereocenters. The van der Waals surface area contributed by atoms with Gasteiger partial charge < -0.3 is 9.47 Å². The first-order valence-electron chi connectivity index (χ1n) is 10.0. The number of rotatable bonds is 5. The van der Waals surface area contributed by atoms with Gasteiger partial charge in [-0.05, 0) is 44.3 Å². The minimum absolute atomic E-state index is 0.160. The molecule has 0 N–H and O–H groups in total. The van der Waals surface area contributed by atoms with Gasteiger partial charge in [-0.25, -0.2) is 9.07 Å². The zero-order valence-electron chi connectivity index (χ0n) is 16.9. The number of para-hydroxylation sites is 1. The topological polar surface area (TPSA) is 29.2 Å². The summed E-state index contributed by atoms with van der Waals surface area (Å²) in [5.74, 6) is 0.749. The van der Waals surface area contributed by atoms with Crippen LogP contribution in [0.3, 0.4) is 0 Å². The maximum atomic E-state index is 14.1. The van der Waals surface area contributed by atoms with Crippen LogP contribution >= 0.6 is 12.2 Å². The smallest absolute Gasteiger partial charge is 0.199 e. The van der Waals surface area contributed by atoms with Crippen LogP contribution in [0.2, 0.25) is 0 Å². The van der Waals surface area contributed by atoms with Crippen molar-refractivity contribution in [3.05, 3.63) is 64.7 Å². The van der Waals surface area contributed by atoms with E-state index in [2.05, 4.69) is 52.5 Å². The highest BCUT2D eigenvalue weighted by molar-refractivity contribution is 7.71. The number of halogens is 1. The van der Waals surface area contributed by atoms with E-state index in [1.54, 1.807) is 6.07 Å². The van der Waals surface area contributed by atoms with Gasteiger partial charge in [0.05, 0.1) is 12.4 Å². The average molecular weight is 412 g/mol. The molecule has 0 radical (unpaired) electrons. The van der Waals surface area contributed by atoms with Gasteiger partial charge in [-0.3, -0.25) is 4.90 Å². The van der Waals surface area contributed by atoms with Crippen LogP contribution in [0.15, 0.2) is 48.5 Å². The minimum Gasteiger partial charge on any atom is -0.367 e. The van der Waals surface area contributed by atoms with Gasteiger partial charge in [0.2, 0.25) is 0 Å². The first kappa shape index (κ1) is 19.8. The maximum Gasteiger partial charge on any atom is 0.199 e. The molecule has 2 aromatic carbocycles. The van der Waals surface area contributed by atoms with Gasteiger partial charge in [0.15, 0.2) is 10.6 Å². The first-order chi connectivity index (χ1) is 14.1. The van der Waals surface area contributed by atoms with E-state index in [0.29, 0.717) is 12.4 Å². The van der Waals surface area contributed by atoms with E-state index in [1.165, 1.54) is 11.6 Å². The van der Waals surface area contributed by atoms with Crippen molar-refractivity contribution in [3.8, 4) is 11.4 Å². The SMILES string of the molecule is CCn1c(-c2cccc(C)c2)nn(CN2CCN(c3ccccc3F)CC2)c1=S. The van der Waals surface area contributed by atoms with Gasteiger partial charge in [0.1, 0.15) is 5.82 Å². The summed E-state index contributed by atoms with van der Waals surface area (Å²) in [7, 11) is 0. The second kappa shape index (κ2) is 8.47. The van der Waals surface area contributed by atoms with Crippen LogP contribution in [0, 0.1) is 17.5 Å². The Kier molecular flexibility index (Phi) is 5.78. The van der Waals surface area contributed by atoms with E-state index in [9.17, 15) is 4.39 Å². The molecule has 2 heterocycles.